The number of hydrogen-bond acceptors (Lipinski definition) is 3. The molecule has 102 valence electrons. The number of aliphatic hydroxyl groups excluding tert-OH is 1. The zero-order chi connectivity index (χ0) is 13.2. The molecule has 0 unspecified atom stereocenters. The number of rotatable bonds is 9. The Morgan fingerprint density at radius 2 is 1.39 bits per heavy atom. The Morgan fingerprint density at radius 1 is 0.889 bits per heavy atom. The molecule has 0 aliphatic heterocycles. The first-order chi connectivity index (χ1) is 8.80. The fourth-order valence-electron chi connectivity index (χ4n) is 1.38. The van der Waals surface area contributed by atoms with Crippen LogP contribution in [0.15, 0.2) is 18.2 Å². The normalized spacial score (nSPS) is 10.4. The first-order valence-corrected chi connectivity index (χ1v) is 8.16. The van der Waals surface area contributed by atoms with Crippen molar-refractivity contribution in [2.75, 3.05) is 23.9 Å². The quantitative estimate of drug-likeness (QED) is 0.525. The van der Waals surface area contributed by atoms with Gasteiger partial charge in [-0.2, -0.15) is 0 Å². The Morgan fingerprint density at radius 3 is 1.78 bits per heavy atom. The maximum absolute atomic E-state index is 9.20. The summed E-state index contributed by atoms with van der Waals surface area (Å²) >= 11 is 6.72. The third-order valence-corrected chi connectivity index (χ3v) is 3.34. The SMILES string of the molecule is OCc1cc(OCCCBr)cc(OCCCBr)c1. The van der Waals surface area contributed by atoms with Gasteiger partial charge < -0.3 is 14.6 Å². The Bertz CT molecular complexity index is 317. The van der Waals surface area contributed by atoms with E-state index in [1.54, 1.807) is 0 Å². The van der Waals surface area contributed by atoms with E-state index < -0.39 is 0 Å². The largest absolute Gasteiger partial charge is 0.493 e. The topological polar surface area (TPSA) is 38.7 Å². The third kappa shape index (κ3) is 6.07. The summed E-state index contributed by atoms with van der Waals surface area (Å²) in [5.41, 5.74) is 0.806. The standard InChI is InChI=1S/C13H18Br2O3/c14-3-1-5-17-12-7-11(10-16)8-13(9-12)18-6-2-4-15/h7-9,16H,1-6,10H2. The molecule has 0 heterocycles. The second-order valence-electron chi connectivity index (χ2n) is 3.75. The number of benzene rings is 1. The minimum Gasteiger partial charge on any atom is -0.493 e. The van der Waals surface area contributed by atoms with E-state index in [4.69, 9.17) is 9.47 Å². The predicted molar refractivity (Wildman–Crippen MR) is 80.2 cm³/mol. The molecule has 0 radical (unpaired) electrons. The van der Waals surface area contributed by atoms with Crippen LogP contribution < -0.4 is 9.47 Å². The minimum absolute atomic E-state index is 0.00948. The van der Waals surface area contributed by atoms with Crippen molar-refractivity contribution in [2.45, 2.75) is 19.4 Å². The smallest absolute Gasteiger partial charge is 0.123 e. The lowest BCUT2D eigenvalue weighted by Crippen LogP contribution is -2.01. The van der Waals surface area contributed by atoms with Crippen molar-refractivity contribution in [2.24, 2.45) is 0 Å². The molecule has 0 aliphatic carbocycles. The summed E-state index contributed by atoms with van der Waals surface area (Å²) < 4.78 is 11.2. The molecule has 0 saturated heterocycles. The van der Waals surface area contributed by atoms with Crippen LogP contribution in [0.3, 0.4) is 0 Å². The molecule has 0 fully saturated rings. The first-order valence-electron chi connectivity index (χ1n) is 5.92. The Balaban J connectivity index is 2.62. The van der Waals surface area contributed by atoms with Gasteiger partial charge in [-0.3, -0.25) is 0 Å². The van der Waals surface area contributed by atoms with Crippen molar-refractivity contribution in [1.29, 1.82) is 0 Å². The molecular formula is C13H18Br2O3. The van der Waals surface area contributed by atoms with Crippen molar-refractivity contribution in [3.63, 3.8) is 0 Å². The zero-order valence-corrected chi connectivity index (χ0v) is 13.4. The van der Waals surface area contributed by atoms with Gasteiger partial charge in [0.05, 0.1) is 19.8 Å². The van der Waals surface area contributed by atoms with E-state index in [-0.39, 0.29) is 6.61 Å². The van der Waals surface area contributed by atoms with Gasteiger partial charge in [-0.1, -0.05) is 31.9 Å². The minimum atomic E-state index is -0.00948. The van der Waals surface area contributed by atoms with Gasteiger partial charge in [0.15, 0.2) is 0 Å². The third-order valence-electron chi connectivity index (χ3n) is 2.22. The van der Waals surface area contributed by atoms with Gasteiger partial charge in [-0.15, -0.1) is 0 Å². The number of hydrogen-bond donors (Lipinski definition) is 1. The predicted octanol–water partition coefficient (Wildman–Crippen LogP) is 3.51. The van der Waals surface area contributed by atoms with Crippen LogP contribution in [0.5, 0.6) is 11.5 Å². The molecule has 0 spiro atoms. The lowest BCUT2D eigenvalue weighted by Gasteiger charge is -2.11. The van der Waals surface area contributed by atoms with Crippen molar-refractivity contribution in [1.82, 2.24) is 0 Å². The van der Waals surface area contributed by atoms with E-state index in [2.05, 4.69) is 31.9 Å². The zero-order valence-electron chi connectivity index (χ0n) is 10.2. The molecule has 0 saturated carbocycles. The average molecular weight is 382 g/mol. The first kappa shape index (κ1) is 15.8. The highest BCUT2D eigenvalue weighted by atomic mass is 79.9. The molecule has 5 heteroatoms. The molecular weight excluding hydrogens is 364 g/mol. The molecule has 1 aromatic carbocycles. The molecule has 1 rings (SSSR count). The van der Waals surface area contributed by atoms with Gasteiger partial charge >= 0.3 is 0 Å². The average Bonchev–Trinajstić information content (AvgIpc) is 2.39. The molecule has 0 atom stereocenters. The van der Waals surface area contributed by atoms with E-state index in [0.717, 1.165) is 40.6 Å². The highest BCUT2D eigenvalue weighted by Gasteiger charge is 2.03. The molecule has 0 bridgehead atoms. The lowest BCUT2D eigenvalue weighted by atomic mass is 10.2. The summed E-state index contributed by atoms with van der Waals surface area (Å²) in [5, 5.41) is 11.0. The molecule has 0 amide bonds. The van der Waals surface area contributed by atoms with Crippen LogP contribution in [-0.4, -0.2) is 29.0 Å². The van der Waals surface area contributed by atoms with Crippen LogP contribution in [-0.2, 0) is 6.61 Å². The van der Waals surface area contributed by atoms with E-state index >= 15 is 0 Å². The summed E-state index contributed by atoms with van der Waals surface area (Å²) in [5.74, 6) is 1.49. The Hall–Kier alpha value is -0.260. The van der Waals surface area contributed by atoms with Gasteiger partial charge in [0.1, 0.15) is 11.5 Å². The van der Waals surface area contributed by atoms with Crippen LogP contribution in [0.2, 0.25) is 0 Å². The summed E-state index contributed by atoms with van der Waals surface area (Å²) in [6.07, 6.45) is 1.90. The monoisotopic (exact) mass is 380 g/mol. The second-order valence-corrected chi connectivity index (χ2v) is 5.34. The Labute approximate surface area is 125 Å². The van der Waals surface area contributed by atoms with Crippen molar-refractivity contribution >= 4 is 31.9 Å². The van der Waals surface area contributed by atoms with E-state index in [1.165, 1.54) is 0 Å². The van der Waals surface area contributed by atoms with E-state index in [1.807, 2.05) is 18.2 Å². The van der Waals surface area contributed by atoms with Gasteiger partial charge in [0.2, 0.25) is 0 Å². The highest BCUT2D eigenvalue weighted by molar-refractivity contribution is 9.09. The number of ether oxygens (including phenoxy) is 2. The molecule has 0 aromatic heterocycles. The van der Waals surface area contributed by atoms with Crippen LogP contribution >= 0.6 is 31.9 Å². The summed E-state index contributed by atoms with van der Waals surface area (Å²) in [7, 11) is 0. The number of aliphatic hydroxyl groups is 1. The Kier molecular flexibility index (Phi) is 8.46. The maximum atomic E-state index is 9.20. The van der Waals surface area contributed by atoms with Gasteiger partial charge in [0, 0.05) is 16.7 Å². The van der Waals surface area contributed by atoms with E-state index in [0.29, 0.717) is 13.2 Å². The molecule has 0 aliphatic rings. The summed E-state index contributed by atoms with van der Waals surface area (Å²) in [6, 6.07) is 5.54. The summed E-state index contributed by atoms with van der Waals surface area (Å²) in [4.78, 5) is 0. The van der Waals surface area contributed by atoms with Crippen molar-refractivity contribution in [3.8, 4) is 11.5 Å². The van der Waals surface area contributed by atoms with Gasteiger partial charge in [0.25, 0.3) is 0 Å². The molecule has 3 nitrogen and oxygen atoms in total. The summed E-state index contributed by atoms with van der Waals surface area (Å²) in [6.45, 7) is 1.30. The molecule has 18 heavy (non-hydrogen) atoms. The van der Waals surface area contributed by atoms with Crippen LogP contribution in [0, 0.1) is 0 Å². The van der Waals surface area contributed by atoms with Gasteiger partial charge in [-0.05, 0) is 30.5 Å². The van der Waals surface area contributed by atoms with Gasteiger partial charge in [-0.25, -0.2) is 0 Å². The second kappa shape index (κ2) is 9.64. The number of halogens is 2. The van der Waals surface area contributed by atoms with E-state index in [9.17, 15) is 5.11 Å². The highest BCUT2D eigenvalue weighted by Crippen LogP contribution is 2.23. The van der Waals surface area contributed by atoms with Crippen LogP contribution in [0.25, 0.3) is 0 Å². The molecule has 1 aromatic rings. The van der Waals surface area contributed by atoms with Crippen molar-refractivity contribution in [3.05, 3.63) is 23.8 Å². The van der Waals surface area contributed by atoms with Crippen LogP contribution in [0.4, 0.5) is 0 Å². The maximum Gasteiger partial charge on any atom is 0.123 e. The number of alkyl halides is 2. The van der Waals surface area contributed by atoms with Crippen LogP contribution in [0.1, 0.15) is 18.4 Å². The fraction of sp³-hybridized carbons (Fsp3) is 0.538. The molecule has 1 N–H and O–H groups in total. The lowest BCUT2D eigenvalue weighted by molar-refractivity contribution is 0.274. The van der Waals surface area contributed by atoms with Crippen molar-refractivity contribution < 1.29 is 14.6 Å². The fourth-order valence-corrected chi connectivity index (χ4v) is 1.84.